The maximum absolute atomic E-state index is 13.8. The molecule has 0 saturated heterocycles. The molecule has 21 nitrogen and oxygen atoms in total. The van der Waals surface area contributed by atoms with Crippen molar-refractivity contribution in [3.8, 4) is 0 Å². The lowest BCUT2D eigenvalue weighted by Crippen LogP contribution is -2.58. The third-order valence-corrected chi connectivity index (χ3v) is 9.47. The Morgan fingerprint density at radius 1 is 0.589 bits per heavy atom. The molecule has 0 aromatic heterocycles. The summed E-state index contributed by atoms with van der Waals surface area (Å²) in [6, 6.07) is -5.61. The largest absolute Gasteiger partial charge is 0.480 e. The van der Waals surface area contributed by atoms with Gasteiger partial charge in [-0.2, -0.15) is 0 Å². The summed E-state index contributed by atoms with van der Waals surface area (Å²) in [6.45, 7) is 0.629. The Morgan fingerprint density at radius 3 is 1.46 bits per heavy atom. The Morgan fingerprint density at radius 2 is 1.02 bits per heavy atom. The first kappa shape index (κ1) is 49.3. The van der Waals surface area contributed by atoms with Crippen LogP contribution in [0.5, 0.6) is 0 Å². The molecule has 1 fully saturated rings. The Balaban J connectivity index is 3.14. The lowest BCUT2D eigenvalue weighted by molar-refractivity contribution is -0.142. The summed E-state index contributed by atoms with van der Waals surface area (Å²) in [7, 11) is 0. The van der Waals surface area contributed by atoms with Gasteiger partial charge in [-0.15, -0.1) is 0 Å². The topological polar surface area (TPSA) is 385 Å². The van der Waals surface area contributed by atoms with E-state index in [0.29, 0.717) is 51.1 Å². The molecular weight excluding hydrogens is 728 g/mol. The molecule has 1 aliphatic rings. The summed E-state index contributed by atoms with van der Waals surface area (Å²) >= 11 is 0. The SMILES string of the molecule is N=C(N)NCCC[C@H](NC(=O)[C@H](CCCNC(=N)N)NC(=O)[C@H](CCCCN)NC(=O)CNC(=O)[C@@H](N)CC1CCCCC1)C(=O)N[C@@H](CCCCN)C(=O)O. The van der Waals surface area contributed by atoms with Gasteiger partial charge in [-0.25, -0.2) is 4.79 Å². The molecule has 0 aromatic carbocycles. The number of hydrogen-bond donors (Lipinski definition) is 15. The highest BCUT2D eigenvalue weighted by Gasteiger charge is 2.31. The number of aliphatic carboxylic acids is 1. The van der Waals surface area contributed by atoms with Crippen molar-refractivity contribution < 1.29 is 33.9 Å². The van der Waals surface area contributed by atoms with E-state index in [9.17, 15) is 33.9 Å². The fourth-order valence-corrected chi connectivity index (χ4v) is 6.36. The van der Waals surface area contributed by atoms with Crippen molar-refractivity contribution >= 4 is 47.4 Å². The van der Waals surface area contributed by atoms with Gasteiger partial charge >= 0.3 is 5.97 Å². The predicted octanol–water partition coefficient (Wildman–Crippen LogP) is -2.79. The van der Waals surface area contributed by atoms with Gasteiger partial charge in [0, 0.05) is 13.1 Å². The van der Waals surface area contributed by atoms with Gasteiger partial charge in [0.2, 0.25) is 29.5 Å². The zero-order valence-electron chi connectivity index (χ0n) is 32.6. The van der Waals surface area contributed by atoms with Crippen molar-refractivity contribution in [3.63, 3.8) is 0 Å². The molecule has 0 heterocycles. The second-order valence-electron chi connectivity index (χ2n) is 14.2. The zero-order chi connectivity index (χ0) is 41.9. The summed E-state index contributed by atoms with van der Waals surface area (Å²) in [5.41, 5.74) is 28.1. The van der Waals surface area contributed by atoms with Gasteiger partial charge in [-0.05, 0) is 89.6 Å². The number of rotatable bonds is 29. The summed E-state index contributed by atoms with van der Waals surface area (Å²) in [6.07, 6.45) is 8.74. The van der Waals surface area contributed by atoms with Crippen LogP contribution in [-0.4, -0.2) is 115 Å². The first-order valence-corrected chi connectivity index (χ1v) is 19.7. The van der Waals surface area contributed by atoms with Gasteiger partial charge in [0.15, 0.2) is 11.9 Å². The van der Waals surface area contributed by atoms with Gasteiger partial charge in [0.25, 0.3) is 0 Å². The molecule has 0 aromatic rings. The number of unbranched alkanes of at least 4 members (excludes halogenated alkanes) is 2. The molecule has 1 rings (SSSR count). The quantitative estimate of drug-likeness (QED) is 0.0207. The van der Waals surface area contributed by atoms with E-state index in [2.05, 4.69) is 37.2 Å². The van der Waals surface area contributed by atoms with Gasteiger partial charge in [-0.3, -0.25) is 34.8 Å². The molecule has 56 heavy (non-hydrogen) atoms. The highest BCUT2D eigenvalue weighted by Crippen LogP contribution is 2.27. The van der Waals surface area contributed by atoms with Crippen LogP contribution in [0.25, 0.3) is 0 Å². The highest BCUT2D eigenvalue weighted by molar-refractivity contribution is 5.95. The third kappa shape index (κ3) is 22.0. The second-order valence-corrected chi connectivity index (χ2v) is 14.2. The number of carbonyl (C=O) groups is 6. The number of hydrogen-bond acceptors (Lipinski definition) is 11. The van der Waals surface area contributed by atoms with Crippen LogP contribution in [0, 0.1) is 16.7 Å². The number of nitrogens with two attached hydrogens (primary N) is 5. The number of nitrogens with one attached hydrogen (secondary N) is 9. The van der Waals surface area contributed by atoms with Crippen molar-refractivity contribution in [2.75, 3.05) is 32.7 Å². The molecule has 0 aliphatic heterocycles. The van der Waals surface area contributed by atoms with E-state index in [-0.39, 0.29) is 63.5 Å². The predicted molar refractivity (Wildman–Crippen MR) is 212 cm³/mol. The van der Waals surface area contributed by atoms with Crippen molar-refractivity contribution in [2.45, 2.75) is 133 Å². The van der Waals surface area contributed by atoms with Crippen molar-refractivity contribution in [1.82, 2.24) is 37.2 Å². The van der Waals surface area contributed by atoms with E-state index in [1.54, 1.807) is 0 Å². The maximum atomic E-state index is 13.8. The van der Waals surface area contributed by atoms with Crippen LogP contribution in [0.3, 0.4) is 0 Å². The minimum Gasteiger partial charge on any atom is -0.480 e. The van der Waals surface area contributed by atoms with Crippen LogP contribution in [0.1, 0.15) is 103 Å². The number of amides is 5. The van der Waals surface area contributed by atoms with Crippen molar-refractivity contribution in [3.05, 3.63) is 0 Å². The van der Waals surface area contributed by atoms with E-state index in [1.807, 2.05) is 0 Å². The molecule has 5 amide bonds. The summed E-state index contributed by atoms with van der Waals surface area (Å²) in [5.74, 6) is -4.83. The highest BCUT2D eigenvalue weighted by atomic mass is 16.4. The molecule has 0 radical (unpaired) electrons. The molecule has 1 saturated carbocycles. The van der Waals surface area contributed by atoms with E-state index in [1.165, 1.54) is 6.42 Å². The normalized spacial score (nSPS) is 15.5. The lowest BCUT2D eigenvalue weighted by Gasteiger charge is -2.26. The Hall–Kier alpha value is -4.76. The first-order valence-electron chi connectivity index (χ1n) is 19.7. The summed E-state index contributed by atoms with van der Waals surface area (Å²) < 4.78 is 0. The van der Waals surface area contributed by atoms with Crippen LogP contribution < -0.4 is 65.9 Å². The average Bonchev–Trinajstić information content (AvgIpc) is 3.15. The minimum atomic E-state index is -1.26. The van der Waals surface area contributed by atoms with Gasteiger partial charge < -0.3 is 71.0 Å². The molecule has 5 atom stereocenters. The van der Waals surface area contributed by atoms with Crippen LogP contribution in [0.15, 0.2) is 0 Å². The molecule has 0 spiro atoms. The fourth-order valence-electron chi connectivity index (χ4n) is 6.36. The summed E-state index contributed by atoms with van der Waals surface area (Å²) in [5, 5.41) is 42.7. The van der Waals surface area contributed by atoms with E-state index in [0.717, 1.165) is 25.7 Å². The summed E-state index contributed by atoms with van der Waals surface area (Å²) in [4.78, 5) is 78.6. The molecule has 0 unspecified atom stereocenters. The molecule has 320 valence electrons. The van der Waals surface area contributed by atoms with Crippen molar-refractivity contribution in [2.24, 2.45) is 34.6 Å². The Labute approximate surface area is 329 Å². The number of carboxylic acid groups (broad SMARTS) is 1. The van der Waals surface area contributed by atoms with Crippen LogP contribution >= 0.6 is 0 Å². The van der Waals surface area contributed by atoms with Gasteiger partial charge in [0.1, 0.15) is 24.2 Å². The van der Waals surface area contributed by atoms with Crippen LogP contribution in [0.4, 0.5) is 0 Å². The minimum absolute atomic E-state index is 0.0212. The molecule has 1 aliphatic carbocycles. The maximum Gasteiger partial charge on any atom is 0.326 e. The zero-order valence-corrected chi connectivity index (χ0v) is 32.6. The van der Waals surface area contributed by atoms with E-state index < -0.39 is 72.3 Å². The van der Waals surface area contributed by atoms with Crippen LogP contribution in [-0.2, 0) is 28.8 Å². The van der Waals surface area contributed by atoms with Crippen molar-refractivity contribution in [1.29, 1.82) is 10.8 Å². The molecule has 21 heteroatoms. The van der Waals surface area contributed by atoms with Gasteiger partial charge in [-0.1, -0.05) is 32.1 Å². The van der Waals surface area contributed by atoms with Crippen LogP contribution in [0.2, 0.25) is 0 Å². The number of guanidine groups is 2. The Bertz CT molecular complexity index is 1270. The number of carboxylic acids is 1. The fraction of sp³-hybridized carbons (Fsp3) is 0.771. The Kier molecular flexibility index (Phi) is 25.2. The first-order chi connectivity index (χ1) is 26.7. The van der Waals surface area contributed by atoms with E-state index >= 15 is 0 Å². The third-order valence-electron chi connectivity index (χ3n) is 9.47. The monoisotopic (exact) mass is 797 g/mol. The standard InChI is InChI=1S/C35H68N14O7/c36-16-6-4-12-24(46-28(50)21-45-29(51)23(38)20-22-10-2-1-3-11-22)30(52)47-25(14-8-18-43-34(39)40)31(53)48-26(15-9-19-44-35(41)42)32(54)49-27(33(55)56)13-5-7-17-37/h22-27H,1-21,36-38H2,(H,45,51)(H,46,50)(H,47,52)(H,48,53)(H,49,54)(H,55,56)(H4,39,40,43)(H4,41,42,44)/t23-,24-,25-,26-,27-/m0/s1. The second kappa shape index (κ2) is 28.6. The lowest BCUT2D eigenvalue weighted by atomic mass is 9.85. The molecule has 20 N–H and O–H groups in total. The average molecular weight is 797 g/mol. The molecule has 0 bridgehead atoms. The molecular formula is C35H68N14O7. The number of carbonyl (C=O) groups excluding carboxylic acids is 5. The van der Waals surface area contributed by atoms with Gasteiger partial charge in [0.05, 0.1) is 12.6 Å². The smallest absolute Gasteiger partial charge is 0.326 e. The van der Waals surface area contributed by atoms with E-state index in [4.69, 9.17) is 39.5 Å².